The van der Waals surface area contributed by atoms with Crippen LogP contribution in [0.25, 0.3) is 0 Å². The molecule has 2 amide bonds. The fraction of sp³-hybridized carbons (Fsp3) is 0.729. The van der Waals surface area contributed by atoms with Gasteiger partial charge in [0.1, 0.15) is 5.75 Å². The Hall–Kier alpha value is -3.20. The van der Waals surface area contributed by atoms with Gasteiger partial charge in [0.2, 0.25) is 5.91 Å². The molecule has 8 nitrogen and oxygen atoms in total. The monoisotopic (exact) mass is 932 g/mol. The molecule has 0 aromatic heterocycles. The zero-order chi connectivity index (χ0) is 48.1. The molecule has 0 radical (unpaired) electrons. The molecule has 1 heterocycles. The first kappa shape index (κ1) is 59.9. The molecular formula is C59H101N3O5. The minimum atomic E-state index is -0.403. The van der Waals surface area contributed by atoms with E-state index in [0.717, 1.165) is 70.2 Å². The Morgan fingerprint density at radius 2 is 1.10 bits per heavy atom. The van der Waals surface area contributed by atoms with Crippen LogP contribution in [-0.2, 0) is 14.3 Å². The van der Waals surface area contributed by atoms with E-state index in [1.165, 1.54) is 141 Å². The van der Waals surface area contributed by atoms with Gasteiger partial charge >= 0.3 is 0 Å². The SMILES string of the molecule is CCCCC/C=C\C/C=C\CCCCCCCCC1(CCCCCCCC/C=C\C/C=C\CCCCC)OCC(CCN(C)CCCCCC(=O)NCCCNC(=O)c2ccc(OC)cc2)O1. The van der Waals surface area contributed by atoms with E-state index < -0.39 is 5.79 Å². The lowest BCUT2D eigenvalue weighted by atomic mass is 9.98. The number of nitrogens with one attached hydrogen (secondary N) is 2. The first-order valence-electron chi connectivity index (χ1n) is 27.7. The Balaban J connectivity index is 1.62. The number of nitrogens with zero attached hydrogens (tertiary/aromatic N) is 1. The second-order valence-electron chi connectivity index (χ2n) is 19.2. The van der Waals surface area contributed by atoms with Crippen LogP contribution in [0.2, 0.25) is 0 Å². The summed E-state index contributed by atoms with van der Waals surface area (Å²) in [6.07, 6.45) is 56.5. The van der Waals surface area contributed by atoms with E-state index in [-0.39, 0.29) is 17.9 Å². The fourth-order valence-electron chi connectivity index (χ4n) is 8.68. The molecule has 1 aliphatic rings. The van der Waals surface area contributed by atoms with Crippen molar-refractivity contribution in [3.8, 4) is 5.75 Å². The number of carbonyl (C=O) groups excluding carboxylic acids is 2. The maximum atomic E-state index is 12.4. The van der Waals surface area contributed by atoms with Crippen molar-refractivity contribution in [1.29, 1.82) is 0 Å². The highest BCUT2D eigenvalue weighted by atomic mass is 16.7. The molecule has 8 heteroatoms. The van der Waals surface area contributed by atoms with E-state index in [4.69, 9.17) is 14.2 Å². The van der Waals surface area contributed by atoms with Crippen LogP contribution in [0.15, 0.2) is 72.9 Å². The van der Waals surface area contributed by atoms with E-state index in [0.29, 0.717) is 38.1 Å². The summed E-state index contributed by atoms with van der Waals surface area (Å²) in [4.78, 5) is 27.1. The molecule has 1 aliphatic heterocycles. The molecule has 2 rings (SSSR count). The van der Waals surface area contributed by atoms with Crippen molar-refractivity contribution >= 4 is 11.8 Å². The van der Waals surface area contributed by atoms with E-state index in [9.17, 15) is 9.59 Å². The van der Waals surface area contributed by atoms with Crippen molar-refractivity contribution in [3.63, 3.8) is 0 Å². The zero-order valence-electron chi connectivity index (χ0n) is 43.7. The number of benzene rings is 1. The lowest BCUT2D eigenvalue weighted by Crippen LogP contribution is -2.32. The van der Waals surface area contributed by atoms with Crippen LogP contribution in [0.3, 0.4) is 0 Å². The van der Waals surface area contributed by atoms with Gasteiger partial charge in [-0.2, -0.15) is 0 Å². The zero-order valence-corrected chi connectivity index (χ0v) is 43.7. The maximum Gasteiger partial charge on any atom is 0.251 e. The molecule has 1 saturated heterocycles. The molecule has 0 aliphatic carbocycles. The van der Waals surface area contributed by atoms with Gasteiger partial charge in [-0.05, 0) is 141 Å². The number of carbonyl (C=O) groups is 2. The Labute approximate surface area is 412 Å². The van der Waals surface area contributed by atoms with Crippen molar-refractivity contribution in [3.05, 3.63) is 78.4 Å². The number of ether oxygens (including phenoxy) is 3. The van der Waals surface area contributed by atoms with Gasteiger partial charge in [0, 0.05) is 44.5 Å². The normalized spacial score (nSPS) is 15.0. The smallest absolute Gasteiger partial charge is 0.251 e. The standard InChI is InChI=1S/C59H101N3O5/c1-5-7-9-11-13-15-17-19-21-23-25-27-29-31-33-37-47-59(48-38-34-32-30-28-26-24-22-20-18-16-14-12-10-8-6-2)66-53-56(67-59)46-52-62(3)51-39-35-36-41-57(63)60-49-40-50-61-58(64)54-42-44-55(65-4)45-43-54/h13-16,19-22,42-45,56H,5-12,17-18,23-41,46-53H2,1-4H3,(H,60,63)(H,61,64)/b15-13-,16-14-,21-19-,22-20-. The molecule has 1 fully saturated rings. The number of hydrogen-bond donors (Lipinski definition) is 2. The van der Waals surface area contributed by atoms with Gasteiger partial charge in [0.15, 0.2) is 5.79 Å². The quantitative estimate of drug-likeness (QED) is 0.0500. The predicted octanol–water partition coefficient (Wildman–Crippen LogP) is 15.3. The molecule has 1 aromatic carbocycles. The Kier molecular flexibility index (Phi) is 38.3. The van der Waals surface area contributed by atoms with E-state index in [2.05, 4.69) is 85.0 Å². The Morgan fingerprint density at radius 1 is 0.612 bits per heavy atom. The van der Waals surface area contributed by atoms with Gasteiger partial charge in [0.05, 0.1) is 19.8 Å². The lowest BCUT2D eigenvalue weighted by molar-refractivity contribution is -0.180. The summed E-state index contributed by atoms with van der Waals surface area (Å²) in [7, 11) is 3.81. The molecule has 67 heavy (non-hydrogen) atoms. The van der Waals surface area contributed by atoms with Crippen molar-refractivity contribution in [2.75, 3.05) is 46.9 Å². The molecule has 2 N–H and O–H groups in total. The molecule has 382 valence electrons. The van der Waals surface area contributed by atoms with E-state index in [1.54, 1.807) is 31.4 Å². The summed E-state index contributed by atoms with van der Waals surface area (Å²) < 4.78 is 18.6. The number of rotatable bonds is 45. The molecule has 1 aromatic rings. The van der Waals surface area contributed by atoms with Crippen LogP contribution in [0.5, 0.6) is 5.75 Å². The summed E-state index contributed by atoms with van der Waals surface area (Å²) in [6, 6.07) is 7.05. The summed E-state index contributed by atoms with van der Waals surface area (Å²) >= 11 is 0. The summed E-state index contributed by atoms with van der Waals surface area (Å²) in [5.74, 6) is 0.286. The van der Waals surface area contributed by atoms with Gasteiger partial charge in [-0.1, -0.05) is 146 Å². The highest BCUT2D eigenvalue weighted by molar-refractivity contribution is 5.94. The second-order valence-corrected chi connectivity index (χ2v) is 19.2. The van der Waals surface area contributed by atoms with Crippen molar-refractivity contribution in [2.24, 2.45) is 0 Å². The average Bonchev–Trinajstić information content (AvgIpc) is 3.75. The minimum Gasteiger partial charge on any atom is -0.497 e. The lowest BCUT2D eigenvalue weighted by Gasteiger charge is -2.29. The number of unbranched alkanes of at least 4 members (excludes halogenated alkanes) is 20. The Bertz CT molecular complexity index is 1390. The van der Waals surface area contributed by atoms with Crippen LogP contribution in [0.4, 0.5) is 0 Å². The first-order chi connectivity index (χ1) is 32.9. The predicted molar refractivity (Wildman–Crippen MR) is 285 cm³/mol. The van der Waals surface area contributed by atoms with Crippen molar-refractivity contribution in [1.82, 2.24) is 15.5 Å². The average molecular weight is 932 g/mol. The van der Waals surface area contributed by atoms with Gasteiger partial charge in [-0.15, -0.1) is 0 Å². The van der Waals surface area contributed by atoms with Gasteiger partial charge < -0.3 is 29.7 Å². The van der Waals surface area contributed by atoms with Gasteiger partial charge in [-0.3, -0.25) is 9.59 Å². The highest BCUT2D eigenvalue weighted by Crippen LogP contribution is 2.36. The minimum absolute atomic E-state index is 0.0857. The van der Waals surface area contributed by atoms with Crippen LogP contribution < -0.4 is 15.4 Å². The van der Waals surface area contributed by atoms with Crippen LogP contribution in [0, 0.1) is 0 Å². The maximum absolute atomic E-state index is 12.4. The molecule has 0 saturated carbocycles. The van der Waals surface area contributed by atoms with Crippen LogP contribution >= 0.6 is 0 Å². The molecular weight excluding hydrogens is 831 g/mol. The van der Waals surface area contributed by atoms with Crippen molar-refractivity contribution < 1.29 is 23.8 Å². The third-order valence-electron chi connectivity index (χ3n) is 13.0. The topological polar surface area (TPSA) is 89.1 Å². The first-order valence-corrected chi connectivity index (χ1v) is 27.7. The van der Waals surface area contributed by atoms with Crippen molar-refractivity contribution in [2.45, 2.75) is 231 Å². The molecule has 1 atom stereocenters. The third kappa shape index (κ3) is 33.9. The van der Waals surface area contributed by atoms with Gasteiger partial charge in [0.25, 0.3) is 5.91 Å². The summed E-state index contributed by atoms with van der Waals surface area (Å²) in [5.41, 5.74) is 0.598. The van der Waals surface area contributed by atoms with E-state index >= 15 is 0 Å². The fourth-order valence-corrected chi connectivity index (χ4v) is 8.68. The molecule has 0 bridgehead atoms. The molecule has 1 unspecified atom stereocenters. The van der Waals surface area contributed by atoms with Gasteiger partial charge in [-0.25, -0.2) is 0 Å². The highest BCUT2D eigenvalue weighted by Gasteiger charge is 2.40. The van der Waals surface area contributed by atoms with Crippen LogP contribution in [0.1, 0.15) is 230 Å². The summed E-state index contributed by atoms with van der Waals surface area (Å²) in [5, 5.41) is 5.91. The number of methoxy groups -OCH3 is 1. The van der Waals surface area contributed by atoms with E-state index in [1.807, 2.05) is 0 Å². The second kappa shape index (κ2) is 42.9. The van der Waals surface area contributed by atoms with Crippen LogP contribution in [-0.4, -0.2) is 75.5 Å². The Morgan fingerprint density at radius 3 is 1.64 bits per heavy atom. The summed E-state index contributed by atoms with van der Waals surface area (Å²) in [6.45, 7) is 8.34. The number of amides is 2. The largest absolute Gasteiger partial charge is 0.497 e. The number of allylic oxidation sites excluding steroid dienone is 8. The molecule has 0 spiro atoms. The third-order valence-corrected chi connectivity index (χ3v) is 13.0. The number of hydrogen-bond acceptors (Lipinski definition) is 6.